The fourth-order valence-electron chi connectivity index (χ4n) is 3.71. The Hall–Kier alpha value is -0.535. The van der Waals surface area contributed by atoms with Gasteiger partial charge in [-0.1, -0.05) is 30.6 Å². The number of carboxylic acid groups (broad SMARTS) is 1. The third-order valence-electron chi connectivity index (χ3n) is 5.21. The molecule has 1 aromatic heterocycles. The summed E-state index contributed by atoms with van der Waals surface area (Å²) in [6.45, 7) is 0. The van der Waals surface area contributed by atoms with Gasteiger partial charge in [-0.25, -0.2) is 0 Å². The predicted molar refractivity (Wildman–Crippen MR) is 125 cm³/mol. The van der Waals surface area contributed by atoms with Gasteiger partial charge in [0, 0.05) is 22.0 Å². The summed E-state index contributed by atoms with van der Waals surface area (Å²) in [4.78, 5) is 10.6. The third-order valence-corrected chi connectivity index (χ3v) is 8.25. The van der Waals surface area contributed by atoms with Crippen molar-refractivity contribution in [2.45, 2.75) is 54.8 Å². The molecule has 1 saturated carbocycles. The highest BCUT2D eigenvalue weighted by atomic mass is 79.9. The van der Waals surface area contributed by atoms with Crippen molar-refractivity contribution < 1.29 is 20.1 Å². The summed E-state index contributed by atoms with van der Waals surface area (Å²) < 4.78 is 2.21. The fourth-order valence-corrected chi connectivity index (χ4v) is 6.29. The number of carboxylic acids is 1. The molecule has 2 rings (SSSR count). The van der Waals surface area contributed by atoms with Crippen LogP contribution in [0, 0.1) is 17.8 Å². The topological polar surface area (TPSA) is 77.8 Å². The molecule has 0 bridgehead atoms. The first-order valence-electron chi connectivity index (χ1n) is 9.88. The van der Waals surface area contributed by atoms with Gasteiger partial charge in [-0.15, -0.1) is 23.1 Å². The second-order valence-electron chi connectivity index (χ2n) is 7.38. The number of allylic oxidation sites excluding steroid dienone is 3. The van der Waals surface area contributed by atoms with Crippen LogP contribution in [0.15, 0.2) is 44.4 Å². The van der Waals surface area contributed by atoms with Crippen molar-refractivity contribution in [1.29, 1.82) is 0 Å². The van der Waals surface area contributed by atoms with E-state index in [0.29, 0.717) is 24.9 Å². The smallest absolute Gasteiger partial charge is 0.303 e. The van der Waals surface area contributed by atoms with Crippen LogP contribution in [0.1, 0.15) is 32.1 Å². The molecule has 1 fully saturated rings. The van der Waals surface area contributed by atoms with E-state index in [1.807, 2.05) is 35.8 Å². The molecular formula is C21H28BBrO4S2. The molecule has 158 valence electrons. The SMILES string of the molecule is [B]C[C@@H]1CC(O)[C@H](C/C=C\CCCC(=O)O)[C@H]1/C=C/[C@@H](O)CSc1cc(Br)cs1. The van der Waals surface area contributed by atoms with E-state index < -0.39 is 18.2 Å². The van der Waals surface area contributed by atoms with E-state index >= 15 is 0 Å². The molecule has 5 atom stereocenters. The number of aliphatic hydroxyl groups excluding tert-OH is 2. The monoisotopic (exact) mass is 498 g/mol. The Kier molecular flexibility index (Phi) is 11.1. The summed E-state index contributed by atoms with van der Waals surface area (Å²) in [5.74, 6) is 0.224. The number of unbranched alkanes of at least 4 members (excludes halogenated alkanes) is 1. The van der Waals surface area contributed by atoms with Gasteiger partial charge in [0.1, 0.15) is 0 Å². The fraction of sp³-hybridized carbons (Fsp3) is 0.571. The number of rotatable bonds is 12. The zero-order valence-corrected chi connectivity index (χ0v) is 19.5. The predicted octanol–water partition coefficient (Wildman–Crippen LogP) is 4.92. The minimum Gasteiger partial charge on any atom is -0.481 e. The standard InChI is InChI=1S/C21H28BBrO4S2/c22-11-14-9-19(25)18(5-3-1-2-4-6-20(26)27)17(14)8-7-16(24)13-29-21-10-15(23)12-28-21/h1,3,7-8,10,12,14,16-19,24-25H,2,4-6,9,11,13H2,(H,26,27)/b3-1-,8-7+/t14-,16+,17-,18+,19?/m0/s1. The second-order valence-corrected chi connectivity index (χ2v) is 10.5. The first-order chi connectivity index (χ1) is 13.9. The summed E-state index contributed by atoms with van der Waals surface area (Å²) in [5, 5.41) is 31.5. The molecule has 4 nitrogen and oxygen atoms in total. The van der Waals surface area contributed by atoms with E-state index in [4.69, 9.17) is 13.0 Å². The lowest BCUT2D eigenvalue weighted by molar-refractivity contribution is -0.137. The lowest BCUT2D eigenvalue weighted by Crippen LogP contribution is -2.19. The molecule has 1 aliphatic rings. The second kappa shape index (κ2) is 13.0. The van der Waals surface area contributed by atoms with Crippen LogP contribution in [0.3, 0.4) is 0 Å². The molecule has 0 saturated heterocycles. The van der Waals surface area contributed by atoms with Gasteiger partial charge in [-0.2, -0.15) is 0 Å². The van der Waals surface area contributed by atoms with E-state index in [9.17, 15) is 15.0 Å². The number of aliphatic hydroxyl groups is 2. The Morgan fingerprint density at radius 1 is 1.45 bits per heavy atom. The Morgan fingerprint density at radius 3 is 2.90 bits per heavy atom. The zero-order chi connectivity index (χ0) is 21.2. The minimum absolute atomic E-state index is 0.0728. The summed E-state index contributed by atoms with van der Waals surface area (Å²) in [7, 11) is 5.93. The molecule has 3 N–H and O–H groups in total. The molecule has 1 aromatic rings. The number of thioether (sulfide) groups is 1. The van der Waals surface area contributed by atoms with Gasteiger partial charge in [0.25, 0.3) is 0 Å². The van der Waals surface area contributed by atoms with Crippen molar-refractivity contribution in [1.82, 2.24) is 0 Å². The molecule has 1 aliphatic carbocycles. The normalized spacial score (nSPS) is 25.9. The molecule has 0 aromatic carbocycles. The number of halogens is 1. The Labute approximate surface area is 191 Å². The van der Waals surface area contributed by atoms with Crippen molar-refractivity contribution in [3.05, 3.63) is 40.2 Å². The highest BCUT2D eigenvalue weighted by molar-refractivity contribution is 9.10. The van der Waals surface area contributed by atoms with Crippen molar-refractivity contribution in [2.75, 3.05) is 5.75 Å². The summed E-state index contributed by atoms with van der Waals surface area (Å²) in [6.07, 6.45) is 10.4. The van der Waals surface area contributed by atoms with E-state index in [2.05, 4.69) is 15.9 Å². The molecular weight excluding hydrogens is 471 g/mol. The molecule has 0 spiro atoms. The largest absolute Gasteiger partial charge is 0.481 e. The quantitative estimate of drug-likeness (QED) is 0.165. The van der Waals surface area contributed by atoms with Crippen molar-refractivity contribution in [3.63, 3.8) is 0 Å². The average Bonchev–Trinajstić information content (AvgIpc) is 3.23. The van der Waals surface area contributed by atoms with Crippen LogP contribution >= 0.6 is 39.0 Å². The van der Waals surface area contributed by atoms with Crippen molar-refractivity contribution >= 4 is 52.8 Å². The third kappa shape index (κ3) is 8.62. The lowest BCUT2D eigenvalue weighted by Gasteiger charge is -2.21. The highest BCUT2D eigenvalue weighted by Gasteiger charge is 2.39. The Balaban J connectivity index is 1.86. The van der Waals surface area contributed by atoms with E-state index in [-0.39, 0.29) is 24.2 Å². The molecule has 0 amide bonds. The van der Waals surface area contributed by atoms with E-state index in [1.165, 1.54) is 0 Å². The Bertz CT molecular complexity index is 694. The summed E-state index contributed by atoms with van der Waals surface area (Å²) >= 11 is 6.71. The molecule has 0 aliphatic heterocycles. The van der Waals surface area contributed by atoms with Gasteiger partial charge in [-0.05, 0) is 65.4 Å². The van der Waals surface area contributed by atoms with Crippen LogP contribution in [-0.4, -0.2) is 47.1 Å². The number of aliphatic carboxylic acids is 1. The van der Waals surface area contributed by atoms with Gasteiger partial charge in [0.15, 0.2) is 0 Å². The van der Waals surface area contributed by atoms with Gasteiger partial charge < -0.3 is 15.3 Å². The van der Waals surface area contributed by atoms with Crippen LogP contribution in [0.2, 0.25) is 6.32 Å². The van der Waals surface area contributed by atoms with Crippen molar-refractivity contribution in [3.8, 4) is 0 Å². The summed E-state index contributed by atoms with van der Waals surface area (Å²) in [6, 6.07) is 2.04. The maximum absolute atomic E-state index is 10.6. The van der Waals surface area contributed by atoms with E-state index in [1.54, 1.807) is 23.1 Å². The zero-order valence-electron chi connectivity index (χ0n) is 16.3. The van der Waals surface area contributed by atoms with Gasteiger partial charge in [0.05, 0.1) is 24.3 Å². The van der Waals surface area contributed by atoms with Crippen LogP contribution in [0.25, 0.3) is 0 Å². The van der Waals surface area contributed by atoms with Crippen LogP contribution in [0.5, 0.6) is 0 Å². The van der Waals surface area contributed by atoms with Crippen molar-refractivity contribution in [2.24, 2.45) is 17.8 Å². The molecule has 1 unspecified atom stereocenters. The van der Waals surface area contributed by atoms with E-state index in [0.717, 1.165) is 21.5 Å². The van der Waals surface area contributed by atoms with Gasteiger partial charge >= 0.3 is 5.97 Å². The first-order valence-corrected chi connectivity index (χ1v) is 12.5. The molecule has 1 heterocycles. The van der Waals surface area contributed by atoms with Crippen LogP contribution in [-0.2, 0) is 4.79 Å². The number of hydrogen-bond acceptors (Lipinski definition) is 5. The van der Waals surface area contributed by atoms with Gasteiger partial charge in [-0.3, -0.25) is 4.79 Å². The molecule has 8 heteroatoms. The number of thiophene rings is 1. The first kappa shape index (κ1) is 24.7. The number of carbonyl (C=O) groups is 1. The number of hydrogen-bond donors (Lipinski definition) is 3. The molecule has 29 heavy (non-hydrogen) atoms. The maximum atomic E-state index is 10.6. The minimum atomic E-state index is -0.774. The average molecular weight is 499 g/mol. The van der Waals surface area contributed by atoms with Crippen LogP contribution in [0.4, 0.5) is 0 Å². The Morgan fingerprint density at radius 2 is 2.24 bits per heavy atom. The van der Waals surface area contributed by atoms with Gasteiger partial charge in [0.2, 0.25) is 0 Å². The lowest BCUT2D eigenvalue weighted by atomic mass is 9.80. The maximum Gasteiger partial charge on any atom is 0.303 e. The van der Waals surface area contributed by atoms with Crippen LogP contribution < -0.4 is 0 Å². The molecule has 2 radical (unpaired) electrons. The summed E-state index contributed by atoms with van der Waals surface area (Å²) in [5.41, 5.74) is 0. The highest BCUT2D eigenvalue weighted by Crippen LogP contribution is 2.42.